The van der Waals surface area contributed by atoms with Crippen LogP contribution in [0, 0.1) is 5.82 Å². The van der Waals surface area contributed by atoms with Crippen LogP contribution >= 0.6 is 15.9 Å². The van der Waals surface area contributed by atoms with E-state index in [0.717, 1.165) is 11.1 Å². The summed E-state index contributed by atoms with van der Waals surface area (Å²) in [6.45, 7) is 0. The Bertz CT molecular complexity index is 518. The van der Waals surface area contributed by atoms with Crippen LogP contribution in [0.2, 0.25) is 0 Å². The SMILES string of the molecule is OC(Cc1cccnc1)Cc1ccc(F)c(Br)c1. The number of nitrogens with zero attached hydrogens (tertiary/aromatic N) is 1. The molecule has 0 aliphatic heterocycles. The molecule has 1 atom stereocenters. The second-order valence-corrected chi connectivity index (χ2v) is 5.03. The Balaban J connectivity index is 1.99. The van der Waals surface area contributed by atoms with Gasteiger partial charge in [0.1, 0.15) is 5.82 Å². The van der Waals surface area contributed by atoms with Gasteiger partial charge >= 0.3 is 0 Å². The summed E-state index contributed by atoms with van der Waals surface area (Å²) in [5.41, 5.74) is 1.89. The first-order chi connectivity index (χ1) is 8.65. The van der Waals surface area contributed by atoms with Gasteiger partial charge in [-0.15, -0.1) is 0 Å². The van der Waals surface area contributed by atoms with Gasteiger partial charge in [0.25, 0.3) is 0 Å². The summed E-state index contributed by atoms with van der Waals surface area (Å²) in [5, 5.41) is 9.98. The number of halogens is 2. The second-order valence-electron chi connectivity index (χ2n) is 4.17. The molecule has 2 nitrogen and oxygen atoms in total. The summed E-state index contributed by atoms with van der Waals surface area (Å²) in [6.07, 6.45) is 3.99. The molecule has 1 aromatic carbocycles. The maximum atomic E-state index is 13.1. The Kier molecular flexibility index (Phi) is 4.44. The van der Waals surface area contributed by atoms with E-state index in [9.17, 15) is 9.50 Å². The molecule has 0 aliphatic rings. The van der Waals surface area contributed by atoms with E-state index in [4.69, 9.17) is 0 Å². The van der Waals surface area contributed by atoms with E-state index in [2.05, 4.69) is 20.9 Å². The van der Waals surface area contributed by atoms with Crippen molar-refractivity contribution in [3.8, 4) is 0 Å². The average Bonchev–Trinajstić information content (AvgIpc) is 2.35. The summed E-state index contributed by atoms with van der Waals surface area (Å²) in [7, 11) is 0. The summed E-state index contributed by atoms with van der Waals surface area (Å²) >= 11 is 3.14. The van der Waals surface area contributed by atoms with Crippen LogP contribution < -0.4 is 0 Å². The summed E-state index contributed by atoms with van der Waals surface area (Å²) in [4.78, 5) is 4.00. The number of aliphatic hydroxyl groups excluding tert-OH is 1. The maximum absolute atomic E-state index is 13.1. The van der Waals surface area contributed by atoms with Crippen molar-refractivity contribution in [2.45, 2.75) is 18.9 Å². The van der Waals surface area contributed by atoms with Gasteiger partial charge in [-0.2, -0.15) is 0 Å². The van der Waals surface area contributed by atoms with Gasteiger partial charge in [0.15, 0.2) is 0 Å². The normalized spacial score (nSPS) is 12.4. The largest absolute Gasteiger partial charge is 0.392 e. The van der Waals surface area contributed by atoms with Gasteiger partial charge in [-0.3, -0.25) is 4.98 Å². The van der Waals surface area contributed by atoms with Crippen molar-refractivity contribution in [1.29, 1.82) is 0 Å². The highest BCUT2D eigenvalue weighted by atomic mass is 79.9. The van der Waals surface area contributed by atoms with Crippen LogP contribution in [0.3, 0.4) is 0 Å². The van der Waals surface area contributed by atoms with Gasteiger partial charge in [-0.1, -0.05) is 12.1 Å². The van der Waals surface area contributed by atoms with Crippen LogP contribution in [0.25, 0.3) is 0 Å². The molecule has 0 saturated heterocycles. The predicted octanol–water partition coefficient (Wildman–Crippen LogP) is 3.13. The minimum atomic E-state index is -0.494. The first-order valence-electron chi connectivity index (χ1n) is 5.66. The summed E-state index contributed by atoms with van der Waals surface area (Å²) in [6, 6.07) is 8.55. The fraction of sp³-hybridized carbons (Fsp3) is 0.214. The molecule has 1 aromatic heterocycles. The number of aliphatic hydroxyl groups is 1. The van der Waals surface area contributed by atoms with E-state index in [1.54, 1.807) is 24.5 Å². The molecule has 1 heterocycles. The zero-order chi connectivity index (χ0) is 13.0. The predicted molar refractivity (Wildman–Crippen MR) is 71.8 cm³/mol. The molecule has 0 fully saturated rings. The number of aromatic nitrogens is 1. The number of rotatable bonds is 4. The number of benzene rings is 1. The quantitative estimate of drug-likeness (QED) is 0.941. The fourth-order valence-corrected chi connectivity index (χ4v) is 2.23. The molecule has 0 bridgehead atoms. The van der Waals surface area contributed by atoms with E-state index in [1.807, 2.05) is 12.1 Å². The minimum Gasteiger partial charge on any atom is -0.392 e. The lowest BCUT2D eigenvalue weighted by atomic mass is 10.0. The fourth-order valence-electron chi connectivity index (χ4n) is 1.80. The maximum Gasteiger partial charge on any atom is 0.137 e. The van der Waals surface area contributed by atoms with Crippen LogP contribution in [0.5, 0.6) is 0 Å². The third-order valence-corrected chi connectivity index (χ3v) is 3.26. The molecule has 4 heteroatoms. The molecule has 94 valence electrons. The van der Waals surface area contributed by atoms with Crippen LogP contribution in [-0.4, -0.2) is 16.2 Å². The molecule has 2 rings (SSSR count). The molecular formula is C14H13BrFNO. The second kappa shape index (κ2) is 6.07. The molecule has 0 amide bonds. The lowest BCUT2D eigenvalue weighted by Gasteiger charge is -2.11. The van der Waals surface area contributed by atoms with Crippen molar-refractivity contribution in [3.63, 3.8) is 0 Å². The monoisotopic (exact) mass is 309 g/mol. The first-order valence-corrected chi connectivity index (χ1v) is 6.45. The molecule has 0 saturated carbocycles. The Morgan fingerprint density at radius 3 is 2.67 bits per heavy atom. The van der Waals surface area contributed by atoms with E-state index in [-0.39, 0.29) is 5.82 Å². The molecule has 0 spiro atoms. The number of pyridine rings is 1. The number of hydrogen-bond acceptors (Lipinski definition) is 2. The molecule has 1 N–H and O–H groups in total. The highest BCUT2D eigenvalue weighted by molar-refractivity contribution is 9.10. The standard InChI is InChI=1S/C14H13BrFNO/c15-13-8-10(3-4-14(13)16)6-12(18)7-11-2-1-5-17-9-11/h1-5,8-9,12,18H,6-7H2. The smallest absolute Gasteiger partial charge is 0.137 e. The van der Waals surface area contributed by atoms with E-state index < -0.39 is 6.10 Å². The lowest BCUT2D eigenvalue weighted by molar-refractivity contribution is 0.175. The van der Waals surface area contributed by atoms with Crippen molar-refractivity contribution >= 4 is 15.9 Å². The molecule has 18 heavy (non-hydrogen) atoms. The Morgan fingerprint density at radius 2 is 2.00 bits per heavy atom. The summed E-state index contributed by atoms with van der Waals surface area (Å²) in [5.74, 6) is -0.291. The zero-order valence-electron chi connectivity index (χ0n) is 9.68. The van der Waals surface area contributed by atoms with Crippen molar-refractivity contribution < 1.29 is 9.50 Å². The van der Waals surface area contributed by atoms with Gasteiger partial charge < -0.3 is 5.11 Å². The highest BCUT2D eigenvalue weighted by Gasteiger charge is 2.08. The average molecular weight is 310 g/mol. The third-order valence-electron chi connectivity index (χ3n) is 2.65. The Hall–Kier alpha value is -1.26. The Morgan fingerprint density at radius 1 is 1.22 bits per heavy atom. The molecule has 0 radical (unpaired) electrons. The zero-order valence-corrected chi connectivity index (χ0v) is 11.3. The Labute approximate surface area is 114 Å². The van der Waals surface area contributed by atoms with E-state index in [0.29, 0.717) is 17.3 Å². The third kappa shape index (κ3) is 3.62. The minimum absolute atomic E-state index is 0.291. The highest BCUT2D eigenvalue weighted by Crippen LogP contribution is 2.18. The molecule has 2 aromatic rings. The van der Waals surface area contributed by atoms with Crippen LogP contribution in [0.15, 0.2) is 47.2 Å². The first kappa shape index (κ1) is 13.2. The van der Waals surface area contributed by atoms with Gasteiger partial charge in [-0.05, 0) is 51.7 Å². The van der Waals surface area contributed by atoms with Gasteiger partial charge in [0.05, 0.1) is 10.6 Å². The van der Waals surface area contributed by atoms with Crippen LogP contribution in [0.4, 0.5) is 4.39 Å². The van der Waals surface area contributed by atoms with Crippen molar-refractivity contribution in [3.05, 3.63) is 64.1 Å². The van der Waals surface area contributed by atoms with Gasteiger partial charge in [0, 0.05) is 18.8 Å². The van der Waals surface area contributed by atoms with E-state index in [1.165, 1.54) is 6.07 Å². The van der Waals surface area contributed by atoms with Crippen molar-refractivity contribution in [1.82, 2.24) is 4.98 Å². The lowest BCUT2D eigenvalue weighted by Crippen LogP contribution is -2.14. The van der Waals surface area contributed by atoms with Crippen LogP contribution in [-0.2, 0) is 12.8 Å². The molecule has 1 unspecified atom stereocenters. The molecular weight excluding hydrogens is 297 g/mol. The van der Waals surface area contributed by atoms with Crippen molar-refractivity contribution in [2.75, 3.05) is 0 Å². The van der Waals surface area contributed by atoms with E-state index >= 15 is 0 Å². The summed E-state index contributed by atoms with van der Waals surface area (Å²) < 4.78 is 13.5. The van der Waals surface area contributed by atoms with Gasteiger partial charge in [0.2, 0.25) is 0 Å². The van der Waals surface area contributed by atoms with Crippen LogP contribution in [0.1, 0.15) is 11.1 Å². The molecule has 0 aliphatic carbocycles. The van der Waals surface area contributed by atoms with Gasteiger partial charge in [-0.25, -0.2) is 4.39 Å². The topological polar surface area (TPSA) is 33.1 Å². The van der Waals surface area contributed by atoms with Crippen molar-refractivity contribution in [2.24, 2.45) is 0 Å². The number of hydrogen-bond donors (Lipinski definition) is 1.